The molecule has 0 aliphatic carbocycles. The summed E-state index contributed by atoms with van der Waals surface area (Å²) < 4.78 is 38.0. The number of halogens is 3. The van der Waals surface area contributed by atoms with Gasteiger partial charge in [0.2, 0.25) is 0 Å². The van der Waals surface area contributed by atoms with Gasteiger partial charge in [-0.1, -0.05) is 12.1 Å². The Morgan fingerprint density at radius 1 is 1.06 bits per heavy atom. The third-order valence-corrected chi connectivity index (χ3v) is 2.18. The minimum atomic E-state index is -4.71. The Labute approximate surface area is 99.7 Å². The number of carboxylic acid groups (broad SMARTS) is 2. The Morgan fingerprint density at radius 3 is 2.06 bits per heavy atom. The van der Waals surface area contributed by atoms with Crippen LogP contribution in [0.1, 0.15) is 16.7 Å². The smallest absolute Gasteiger partial charge is 0.416 e. The zero-order chi connectivity index (χ0) is 13.9. The molecule has 1 rings (SSSR count). The lowest BCUT2D eigenvalue weighted by Crippen LogP contribution is -2.13. The molecule has 0 bridgehead atoms. The first-order valence-electron chi connectivity index (χ1n) is 4.82. The van der Waals surface area contributed by atoms with E-state index in [1.807, 2.05) is 0 Å². The van der Waals surface area contributed by atoms with Crippen molar-refractivity contribution in [3.05, 3.63) is 34.9 Å². The molecule has 0 fully saturated rings. The molecule has 0 aromatic heterocycles. The van der Waals surface area contributed by atoms with Gasteiger partial charge in [0.15, 0.2) is 0 Å². The van der Waals surface area contributed by atoms with Gasteiger partial charge < -0.3 is 10.2 Å². The number of alkyl halides is 3. The predicted molar refractivity (Wildman–Crippen MR) is 54.1 cm³/mol. The summed E-state index contributed by atoms with van der Waals surface area (Å²) in [6.45, 7) is 0. The van der Waals surface area contributed by atoms with Crippen LogP contribution in [0.25, 0.3) is 0 Å². The standard InChI is InChI=1S/C11H9F3O4/c12-11(13,14)8-3-6(4-9(15)16)1-2-7(8)5-10(17)18/h1-3H,4-5H2,(H,15,16)(H,17,18). The zero-order valence-electron chi connectivity index (χ0n) is 8.99. The lowest BCUT2D eigenvalue weighted by molar-refractivity contribution is -0.140. The fraction of sp³-hybridized carbons (Fsp3) is 0.273. The normalized spacial score (nSPS) is 11.3. The van der Waals surface area contributed by atoms with E-state index in [4.69, 9.17) is 10.2 Å². The van der Waals surface area contributed by atoms with Crippen LogP contribution in [0.2, 0.25) is 0 Å². The zero-order valence-corrected chi connectivity index (χ0v) is 8.99. The van der Waals surface area contributed by atoms with E-state index in [1.165, 1.54) is 6.07 Å². The third kappa shape index (κ3) is 3.76. The SMILES string of the molecule is O=C(O)Cc1ccc(CC(=O)O)c(C(F)(F)F)c1. The molecule has 0 radical (unpaired) electrons. The van der Waals surface area contributed by atoms with Gasteiger partial charge in [-0.25, -0.2) is 0 Å². The largest absolute Gasteiger partial charge is 0.481 e. The molecule has 98 valence electrons. The van der Waals surface area contributed by atoms with E-state index in [1.54, 1.807) is 0 Å². The molecule has 0 saturated carbocycles. The molecule has 0 aliphatic rings. The van der Waals surface area contributed by atoms with Gasteiger partial charge in [-0.2, -0.15) is 13.2 Å². The maximum Gasteiger partial charge on any atom is 0.416 e. The Hall–Kier alpha value is -2.05. The highest BCUT2D eigenvalue weighted by atomic mass is 19.4. The molecule has 0 spiro atoms. The maximum absolute atomic E-state index is 12.7. The second-order valence-corrected chi connectivity index (χ2v) is 3.63. The molecule has 1 aromatic rings. The first-order valence-corrected chi connectivity index (χ1v) is 4.82. The van der Waals surface area contributed by atoms with E-state index in [9.17, 15) is 22.8 Å². The average Bonchev–Trinajstić information content (AvgIpc) is 2.17. The lowest BCUT2D eigenvalue weighted by Gasteiger charge is -2.13. The quantitative estimate of drug-likeness (QED) is 0.869. The van der Waals surface area contributed by atoms with Crippen LogP contribution >= 0.6 is 0 Å². The predicted octanol–water partition coefficient (Wildman–Crippen LogP) is 1.96. The van der Waals surface area contributed by atoms with Gasteiger partial charge in [0.1, 0.15) is 0 Å². The minimum Gasteiger partial charge on any atom is -0.481 e. The molecule has 0 heterocycles. The topological polar surface area (TPSA) is 74.6 Å². The summed E-state index contributed by atoms with van der Waals surface area (Å²) in [6, 6.07) is 2.85. The van der Waals surface area contributed by atoms with Crippen LogP contribution in [0.4, 0.5) is 13.2 Å². The van der Waals surface area contributed by atoms with Crippen LogP contribution in [0.3, 0.4) is 0 Å². The molecule has 0 amide bonds. The summed E-state index contributed by atoms with van der Waals surface area (Å²) in [7, 11) is 0. The second-order valence-electron chi connectivity index (χ2n) is 3.63. The second kappa shape index (κ2) is 5.07. The van der Waals surface area contributed by atoms with Gasteiger partial charge in [-0.15, -0.1) is 0 Å². The van der Waals surface area contributed by atoms with Gasteiger partial charge in [-0.05, 0) is 17.2 Å². The van der Waals surface area contributed by atoms with E-state index in [0.717, 1.165) is 6.07 Å². The Bertz CT molecular complexity index is 480. The number of carboxylic acids is 2. The van der Waals surface area contributed by atoms with Crippen molar-refractivity contribution in [1.82, 2.24) is 0 Å². The van der Waals surface area contributed by atoms with E-state index < -0.39 is 36.5 Å². The number of rotatable bonds is 4. The van der Waals surface area contributed by atoms with Crippen molar-refractivity contribution >= 4 is 11.9 Å². The number of benzene rings is 1. The number of carbonyl (C=O) groups is 2. The molecule has 18 heavy (non-hydrogen) atoms. The van der Waals surface area contributed by atoms with Gasteiger partial charge in [-0.3, -0.25) is 9.59 Å². The van der Waals surface area contributed by atoms with Gasteiger partial charge >= 0.3 is 18.1 Å². The van der Waals surface area contributed by atoms with E-state index in [2.05, 4.69) is 0 Å². The highest BCUT2D eigenvalue weighted by Gasteiger charge is 2.34. The van der Waals surface area contributed by atoms with Crippen molar-refractivity contribution in [2.24, 2.45) is 0 Å². The molecule has 4 nitrogen and oxygen atoms in total. The highest BCUT2D eigenvalue weighted by molar-refractivity contribution is 5.72. The Morgan fingerprint density at radius 2 is 1.61 bits per heavy atom. The molecular formula is C11H9F3O4. The van der Waals surface area contributed by atoms with Crippen molar-refractivity contribution in [1.29, 1.82) is 0 Å². The molecule has 0 atom stereocenters. The Balaban J connectivity index is 3.20. The molecule has 7 heteroatoms. The minimum absolute atomic E-state index is 0.0241. The van der Waals surface area contributed by atoms with Gasteiger partial charge in [0.05, 0.1) is 18.4 Å². The molecule has 2 N–H and O–H groups in total. The van der Waals surface area contributed by atoms with Crippen LogP contribution in [-0.4, -0.2) is 22.2 Å². The highest BCUT2D eigenvalue weighted by Crippen LogP contribution is 2.33. The first-order chi connectivity index (χ1) is 8.20. The van der Waals surface area contributed by atoms with Crippen LogP contribution in [0.15, 0.2) is 18.2 Å². The Kier molecular flexibility index (Phi) is 3.95. The van der Waals surface area contributed by atoms with Crippen molar-refractivity contribution in [2.45, 2.75) is 19.0 Å². The number of hydrogen-bond donors (Lipinski definition) is 2. The van der Waals surface area contributed by atoms with Crippen LogP contribution in [0.5, 0.6) is 0 Å². The van der Waals surface area contributed by atoms with Crippen molar-refractivity contribution in [3.63, 3.8) is 0 Å². The van der Waals surface area contributed by atoms with E-state index in [0.29, 0.717) is 6.07 Å². The third-order valence-electron chi connectivity index (χ3n) is 2.18. The van der Waals surface area contributed by atoms with Crippen LogP contribution < -0.4 is 0 Å². The first kappa shape index (κ1) is 14.0. The maximum atomic E-state index is 12.7. The van der Waals surface area contributed by atoms with Crippen molar-refractivity contribution < 1.29 is 33.0 Å². The van der Waals surface area contributed by atoms with Gasteiger partial charge in [0.25, 0.3) is 0 Å². The summed E-state index contributed by atoms with van der Waals surface area (Å²) in [5.74, 6) is -2.64. The molecule has 0 aliphatic heterocycles. The monoisotopic (exact) mass is 262 g/mol. The molecule has 0 unspecified atom stereocenters. The number of aliphatic carboxylic acids is 2. The fourth-order valence-corrected chi connectivity index (χ4v) is 1.49. The van der Waals surface area contributed by atoms with Crippen molar-refractivity contribution in [3.8, 4) is 0 Å². The van der Waals surface area contributed by atoms with Crippen LogP contribution in [0, 0.1) is 0 Å². The summed E-state index contributed by atoms with van der Waals surface area (Å²) in [4.78, 5) is 20.9. The van der Waals surface area contributed by atoms with Crippen LogP contribution in [-0.2, 0) is 28.6 Å². The molecule has 1 aromatic carbocycles. The molecular weight excluding hydrogens is 253 g/mol. The molecule has 0 saturated heterocycles. The fourth-order valence-electron chi connectivity index (χ4n) is 1.49. The van der Waals surface area contributed by atoms with Crippen molar-refractivity contribution in [2.75, 3.05) is 0 Å². The van der Waals surface area contributed by atoms with E-state index >= 15 is 0 Å². The summed E-state index contributed by atoms with van der Waals surface area (Å²) in [6.07, 6.45) is -6.02. The summed E-state index contributed by atoms with van der Waals surface area (Å²) in [5.41, 5.74) is -1.52. The van der Waals surface area contributed by atoms with Gasteiger partial charge in [0, 0.05) is 0 Å². The summed E-state index contributed by atoms with van der Waals surface area (Å²) in [5, 5.41) is 17.0. The lowest BCUT2D eigenvalue weighted by atomic mass is 9.99. The average molecular weight is 262 g/mol. The summed E-state index contributed by atoms with van der Waals surface area (Å²) >= 11 is 0. The van der Waals surface area contributed by atoms with E-state index in [-0.39, 0.29) is 11.1 Å². The number of hydrogen-bond acceptors (Lipinski definition) is 2.